The van der Waals surface area contributed by atoms with Crippen LogP contribution < -0.4 is 0 Å². The molecule has 0 bridgehead atoms. The van der Waals surface area contributed by atoms with Crippen molar-refractivity contribution < 1.29 is 27.5 Å². The van der Waals surface area contributed by atoms with Gasteiger partial charge in [0.05, 0.1) is 26.6 Å². The molecule has 2 amide bonds. The van der Waals surface area contributed by atoms with E-state index < -0.39 is 34.5 Å². The maximum absolute atomic E-state index is 12.4. The monoisotopic (exact) mass is 422 g/mol. The molecule has 0 atom stereocenters. The van der Waals surface area contributed by atoms with Crippen molar-refractivity contribution in [2.45, 2.75) is 4.90 Å². The number of fused-ring (bicyclic) bond motifs is 1. The van der Waals surface area contributed by atoms with E-state index in [4.69, 9.17) is 16.3 Å². The fourth-order valence-corrected chi connectivity index (χ4v) is 3.71. The minimum absolute atomic E-state index is 0.0231. The molecule has 2 aromatic rings. The third-order valence-corrected chi connectivity index (χ3v) is 6.28. The van der Waals surface area contributed by atoms with Gasteiger partial charge in [0.2, 0.25) is 10.0 Å². The molecule has 1 aliphatic heterocycles. The number of rotatable bonds is 5. The third kappa shape index (κ3) is 3.39. The lowest BCUT2D eigenvalue weighted by atomic mass is 10.1. The van der Waals surface area contributed by atoms with Crippen molar-refractivity contribution in [3.8, 4) is 0 Å². The summed E-state index contributed by atoms with van der Waals surface area (Å²) < 4.78 is 30.5. The summed E-state index contributed by atoms with van der Waals surface area (Å²) in [5.74, 6) is -2.12. The van der Waals surface area contributed by atoms with Gasteiger partial charge in [0.25, 0.3) is 11.8 Å². The van der Waals surface area contributed by atoms with Gasteiger partial charge in [-0.3, -0.25) is 9.59 Å². The average molecular weight is 423 g/mol. The Morgan fingerprint density at radius 3 is 2.18 bits per heavy atom. The lowest BCUT2D eigenvalue weighted by Gasteiger charge is -2.15. The van der Waals surface area contributed by atoms with Crippen molar-refractivity contribution in [2.75, 3.05) is 20.8 Å². The van der Waals surface area contributed by atoms with Crippen LogP contribution in [0.5, 0.6) is 0 Å². The number of carbonyl (C=O) groups excluding carboxylic acids is 3. The van der Waals surface area contributed by atoms with Crippen LogP contribution in [0.4, 0.5) is 0 Å². The van der Waals surface area contributed by atoms with E-state index in [2.05, 4.69) is 0 Å². The van der Waals surface area contributed by atoms with Crippen LogP contribution in [-0.2, 0) is 14.8 Å². The molecule has 1 aliphatic rings. The molecule has 10 heteroatoms. The SMILES string of the molecule is CN(C)S(=O)(=O)c1ccc(Cl)c(C(=O)OCN2C(=O)c3ccccc3C2=O)c1. The summed E-state index contributed by atoms with van der Waals surface area (Å²) in [6.45, 7) is -0.619. The number of hydrogen-bond acceptors (Lipinski definition) is 6. The third-order valence-electron chi connectivity index (χ3n) is 4.14. The minimum Gasteiger partial charge on any atom is -0.440 e. The molecule has 0 N–H and O–H groups in total. The van der Waals surface area contributed by atoms with Gasteiger partial charge in [-0.25, -0.2) is 22.4 Å². The normalized spacial score (nSPS) is 13.8. The minimum atomic E-state index is -3.79. The largest absolute Gasteiger partial charge is 0.440 e. The van der Waals surface area contributed by atoms with Crippen LogP contribution in [0.15, 0.2) is 47.4 Å². The number of nitrogens with zero attached hydrogens (tertiary/aromatic N) is 2. The first-order chi connectivity index (χ1) is 13.1. The van der Waals surface area contributed by atoms with Crippen molar-refractivity contribution in [2.24, 2.45) is 0 Å². The summed E-state index contributed by atoms with van der Waals surface area (Å²) in [7, 11) is -1.08. The van der Waals surface area contributed by atoms with Crippen LogP contribution in [0.25, 0.3) is 0 Å². The van der Waals surface area contributed by atoms with E-state index in [9.17, 15) is 22.8 Å². The Morgan fingerprint density at radius 1 is 1.07 bits per heavy atom. The molecule has 0 saturated carbocycles. The molecule has 0 aromatic heterocycles. The molecule has 146 valence electrons. The molecule has 0 aliphatic carbocycles. The van der Waals surface area contributed by atoms with Crippen LogP contribution in [0, 0.1) is 0 Å². The molecule has 0 saturated heterocycles. The van der Waals surface area contributed by atoms with Gasteiger partial charge in [0, 0.05) is 14.1 Å². The predicted octanol–water partition coefficient (Wildman–Crippen LogP) is 2.00. The molecule has 0 spiro atoms. The molecular formula is C18H15ClN2O6S. The number of carbonyl (C=O) groups is 3. The number of benzene rings is 2. The van der Waals surface area contributed by atoms with E-state index in [-0.39, 0.29) is 26.6 Å². The molecule has 28 heavy (non-hydrogen) atoms. The summed E-state index contributed by atoms with van der Waals surface area (Å²) >= 11 is 5.99. The van der Waals surface area contributed by atoms with Gasteiger partial charge >= 0.3 is 5.97 Å². The zero-order chi connectivity index (χ0) is 20.6. The van der Waals surface area contributed by atoms with Gasteiger partial charge in [-0.15, -0.1) is 0 Å². The fraction of sp³-hybridized carbons (Fsp3) is 0.167. The van der Waals surface area contributed by atoms with Crippen LogP contribution in [-0.4, -0.2) is 56.2 Å². The molecule has 0 unspecified atom stereocenters. The standard InChI is InChI=1S/C18H15ClN2O6S/c1-20(2)28(25,26)11-7-8-15(19)14(9-11)18(24)27-10-21-16(22)12-5-3-4-6-13(12)17(21)23/h3-9H,10H2,1-2H3. The Bertz CT molecular complexity index is 1060. The Hall–Kier alpha value is -2.75. The Kier molecular flexibility index (Phi) is 5.24. The van der Waals surface area contributed by atoms with Crippen molar-refractivity contribution in [1.29, 1.82) is 0 Å². The zero-order valence-corrected chi connectivity index (χ0v) is 16.5. The zero-order valence-electron chi connectivity index (χ0n) is 14.9. The number of sulfonamides is 1. The molecule has 0 radical (unpaired) electrons. The first-order valence-electron chi connectivity index (χ1n) is 7.99. The first-order valence-corrected chi connectivity index (χ1v) is 9.81. The summed E-state index contributed by atoms with van der Waals surface area (Å²) in [4.78, 5) is 37.6. The quantitative estimate of drug-likeness (QED) is 0.539. The van der Waals surface area contributed by atoms with Gasteiger partial charge in [-0.1, -0.05) is 23.7 Å². The molecule has 1 heterocycles. The predicted molar refractivity (Wildman–Crippen MR) is 99.5 cm³/mol. The van der Waals surface area contributed by atoms with Crippen LogP contribution in [0.1, 0.15) is 31.1 Å². The van der Waals surface area contributed by atoms with E-state index in [0.29, 0.717) is 0 Å². The lowest BCUT2D eigenvalue weighted by Crippen LogP contribution is -2.33. The second-order valence-electron chi connectivity index (χ2n) is 6.07. The van der Waals surface area contributed by atoms with Gasteiger partial charge in [-0.2, -0.15) is 0 Å². The van der Waals surface area contributed by atoms with Gasteiger partial charge < -0.3 is 4.74 Å². The number of imide groups is 1. The highest BCUT2D eigenvalue weighted by Crippen LogP contribution is 2.25. The highest BCUT2D eigenvalue weighted by Gasteiger charge is 2.36. The van der Waals surface area contributed by atoms with E-state index in [1.165, 1.54) is 38.4 Å². The van der Waals surface area contributed by atoms with Crippen molar-refractivity contribution >= 4 is 39.4 Å². The summed E-state index contributed by atoms with van der Waals surface area (Å²) in [5, 5.41) is -0.0231. The van der Waals surface area contributed by atoms with E-state index in [1.54, 1.807) is 12.1 Å². The van der Waals surface area contributed by atoms with E-state index in [1.807, 2.05) is 0 Å². The van der Waals surface area contributed by atoms with Crippen LogP contribution in [0.2, 0.25) is 5.02 Å². The Balaban J connectivity index is 1.80. The molecule has 2 aromatic carbocycles. The first kappa shape index (κ1) is 20.0. The number of hydrogen-bond donors (Lipinski definition) is 0. The molecule has 3 rings (SSSR count). The number of amides is 2. The number of esters is 1. The van der Waals surface area contributed by atoms with E-state index >= 15 is 0 Å². The highest BCUT2D eigenvalue weighted by molar-refractivity contribution is 7.89. The average Bonchev–Trinajstić information content (AvgIpc) is 2.90. The summed E-state index contributed by atoms with van der Waals surface area (Å²) in [6, 6.07) is 9.86. The topological polar surface area (TPSA) is 101 Å². The second kappa shape index (κ2) is 7.34. The number of halogens is 1. The highest BCUT2D eigenvalue weighted by atomic mass is 35.5. The number of ether oxygens (including phenoxy) is 1. The Labute approximate surface area is 166 Å². The summed E-state index contributed by atoms with van der Waals surface area (Å²) in [6.07, 6.45) is 0. The van der Waals surface area contributed by atoms with Crippen LogP contribution >= 0.6 is 11.6 Å². The van der Waals surface area contributed by atoms with Crippen molar-refractivity contribution in [3.05, 3.63) is 64.2 Å². The van der Waals surface area contributed by atoms with Gasteiger partial charge in [0.1, 0.15) is 0 Å². The molecule has 8 nitrogen and oxygen atoms in total. The fourth-order valence-electron chi connectivity index (χ4n) is 2.59. The second-order valence-corrected chi connectivity index (χ2v) is 8.63. The maximum atomic E-state index is 12.4. The van der Waals surface area contributed by atoms with Gasteiger partial charge in [0.15, 0.2) is 6.73 Å². The van der Waals surface area contributed by atoms with Gasteiger partial charge in [-0.05, 0) is 30.3 Å². The Morgan fingerprint density at radius 2 is 1.64 bits per heavy atom. The van der Waals surface area contributed by atoms with E-state index in [0.717, 1.165) is 15.3 Å². The van der Waals surface area contributed by atoms with Crippen LogP contribution in [0.3, 0.4) is 0 Å². The maximum Gasteiger partial charge on any atom is 0.341 e. The van der Waals surface area contributed by atoms with Crippen molar-refractivity contribution in [1.82, 2.24) is 9.21 Å². The summed E-state index contributed by atoms with van der Waals surface area (Å²) in [5.41, 5.74) is 0.252. The molecular weight excluding hydrogens is 408 g/mol. The van der Waals surface area contributed by atoms with Crippen molar-refractivity contribution in [3.63, 3.8) is 0 Å². The molecule has 0 fully saturated rings. The lowest BCUT2D eigenvalue weighted by molar-refractivity contribution is 0.0228. The smallest absolute Gasteiger partial charge is 0.341 e.